The van der Waals surface area contributed by atoms with Crippen LogP contribution in [-0.2, 0) is 4.79 Å². The highest BCUT2D eigenvalue weighted by atomic mass is 19.1. The van der Waals surface area contributed by atoms with Gasteiger partial charge in [-0.15, -0.1) is 0 Å². The summed E-state index contributed by atoms with van der Waals surface area (Å²) in [5.41, 5.74) is -0.00817. The Kier molecular flexibility index (Phi) is 7.37. The van der Waals surface area contributed by atoms with Crippen molar-refractivity contribution in [2.75, 3.05) is 24.5 Å². The number of pyridine rings is 1. The Hall–Kier alpha value is -4.54. The van der Waals surface area contributed by atoms with Crippen molar-refractivity contribution in [2.45, 2.75) is 39.8 Å². The van der Waals surface area contributed by atoms with Gasteiger partial charge in [0.15, 0.2) is 11.5 Å². The number of dihydropyridines is 1. The monoisotopic (exact) mass is 562 g/mol. The summed E-state index contributed by atoms with van der Waals surface area (Å²) in [5, 5.41) is 14.0. The van der Waals surface area contributed by atoms with Gasteiger partial charge in [0.2, 0.25) is 5.91 Å². The second-order valence-corrected chi connectivity index (χ2v) is 10.7. The Labute approximate surface area is 236 Å². The topological polar surface area (TPSA) is 104 Å². The fraction of sp³-hybridized carbons (Fsp3) is 0.333. The van der Waals surface area contributed by atoms with Crippen molar-refractivity contribution >= 4 is 28.5 Å². The van der Waals surface area contributed by atoms with E-state index in [1.165, 1.54) is 28.8 Å². The molecule has 2 aromatic heterocycles. The quantitative estimate of drug-likeness (QED) is 0.453. The molecule has 2 aliphatic rings. The number of aromatic hydroxyl groups is 1. The molecule has 0 saturated carbocycles. The van der Waals surface area contributed by atoms with Crippen LogP contribution < -0.4 is 15.9 Å². The highest BCUT2D eigenvalue weighted by molar-refractivity contribution is 5.92. The lowest BCUT2D eigenvalue weighted by Crippen LogP contribution is -2.54. The zero-order chi connectivity index (χ0) is 29.6. The third-order valence-electron chi connectivity index (χ3n) is 7.63. The average Bonchev–Trinajstić information content (AvgIpc) is 2.93. The lowest BCUT2D eigenvalue weighted by molar-refractivity contribution is -0.126. The van der Waals surface area contributed by atoms with E-state index in [-0.39, 0.29) is 40.8 Å². The standard InChI is InChI=1S/C30H32F2N6O3/c1-6-23(40)36-12-13-37(18(5)15-36)28-19-14-21(32)26(24-20(31)8-7-9-22(24)39)34-29(19)38(30(41)35-28)27-17(4)10-11-33-25(27)16(2)3/h6-11,14,16,18,25,33,39H,1,12-13,15H2,2-5H3/t18-,25-/m0/s1. The minimum atomic E-state index is -0.882. The summed E-state index contributed by atoms with van der Waals surface area (Å²) in [6.07, 6.45) is 4.88. The number of halogens is 2. The van der Waals surface area contributed by atoms with Gasteiger partial charge in [-0.25, -0.2) is 23.1 Å². The molecule has 11 heteroatoms. The zero-order valence-electron chi connectivity index (χ0n) is 23.4. The molecule has 0 radical (unpaired) electrons. The predicted octanol–water partition coefficient (Wildman–Crippen LogP) is 4.04. The third kappa shape index (κ3) is 4.85. The van der Waals surface area contributed by atoms with Gasteiger partial charge in [0.25, 0.3) is 0 Å². The van der Waals surface area contributed by atoms with E-state index in [0.29, 0.717) is 25.3 Å². The van der Waals surface area contributed by atoms with E-state index in [2.05, 4.69) is 21.9 Å². The highest BCUT2D eigenvalue weighted by Gasteiger charge is 2.32. The Morgan fingerprint density at radius 2 is 1.98 bits per heavy atom. The number of benzene rings is 1. The van der Waals surface area contributed by atoms with E-state index in [4.69, 9.17) is 0 Å². The van der Waals surface area contributed by atoms with Crippen LogP contribution in [0.4, 0.5) is 14.6 Å². The van der Waals surface area contributed by atoms with Crippen LogP contribution in [-0.4, -0.2) is 62.2 Å². The molecular formula is C30H32F2N6O3. The number of nitrogens with zero attached hydrogens (tertiary/aromatic N) is 5. The maximum absolute atomic E-state index is 15.8. The zero-order valence-corrected chi connectivity index (χ0v) is 23.4. The van der Waals surface area contributed by atoms with Gasteiger partial charge in [-0.3, -0.25) is 4.79 Å². The number of anilines is 1. The van der Waals surface area contributed by atoms with Gasteiger partial charge in [0, 0.05) is 25.7 Å². The van der Waals surface area contributed by atoms with E-state index in [0.717, 1.165) is 11.6 Å². The number of piperazine rings is 1. The summed E-state index contributed by atoms with van der Waals surface area (Å²) in [7, 11) is 0. The molecule has 0 aliphatic carbocycles. The molecule has 41 heavy (non-hydrogen) atoms. The second kappa shape index (κ2) is 10.8. The van der Waals surface area contributed by atoms with Crippen LogP contribution in [0.1, 0.15) is 27.7 Å². The first-order chi connectivity index (χ1) is 19.5. The minimum absolute atomic E-state index is 0.0533. The number of carbonyl (C=O) groups excluding carboxylic acids is 1. The molecule has 3 aromatic rings. The lowest BCUT2D eigenvalue weighted by atomic mass is 9.95. The normalized spacial score (nSPS) is 19.2. The SMILES string of the molecule is C=CC(=O)N1CCN(c2nc(=O)n(C3=C(C)C=CN[C@H]3C(C)C)c3nc(-c4c(O)cccc4F)c(F)cc23)[C@@H](C)C1. The number of phenolic OH excluding ortho intramolecular Hbond substituents is 1. The molecule has 1 fully saturated rings. The smallest absolute Gasteiger partial charge is 0.355 e. The number of nitrogens with one attached hydrogen (secondary N) is 1. The van der Waals surface area contributed by atoms with Crippen molar-refractivity contribution in [3.63, 3.8) is 0 Å². The summed E-state index contributed by atoms with van der Waals surface area (Å²) in [6, 6.07) is 4.29. The number of allylic oxidation sites excluding steroid dienone is 2. The van der Waals surface area contributed by atoms with E-state index in [1.54, 1.807) is 11.1 Å². The van der Waals surface area contributed by atoms with Crippen LogP contribution in [0.5, 0.6) is 5.75 Å². The molecule has 0 spiro atoms. The van der Waals surface area contributed by atoms with E-state index < -0.39 is 34.3 Å². The molecular weight excluding hydrogens is 530 g/mol. The predicted molar refractivity (Wildman–Crippen MR) is 154 cm³/mol. The van der Waals surface area contributed by atoms with Crippen molar-refractivity contribution in [2.24, 2.45) is 5.92 Å². The van der Waals surface area contributed by atoms with Gasteiger partial charge in [-0.1, -0.05) is 26.5 Å². The van der Waals surface area contributed by atoms with Crippen molar-refractivity contribution in [1.29, 1.82) is 0 Å². The van der Waals surface area contributed by atoms with Crippen molar-refractivity contribution < 1.29 is 18.7 Å². The molecule has 4 heterocycles. The number of hydrogen-bond donors (Lipinski definition) is 2. The molecule has 214 valence electrons. The van der Waals surface area contributed by atoms with E-state index >= 15 is 4.39 Å². The van der Waals surface area contributed by atoms with Gasteiger partial charge in [0.1, 0.15) is 23.1 Å². The van der Waals surface area contributed by atoms with Crippen LogP contribution in [0.3, 0.4) is 0 Å². The Balaban J connectivity index is 1.80. The van der Waals surface area contributed by atoms with Crippen LogP contribution in [0.2, 0.25) is 0 Å². The maximum Gasteiger partial charge on any atom is 0.355 e. The average molecular weight is 563 g/mol. The number of amides is 1. The third-order valence-corrected chi connectivity index (χ3v) is 7.63. The number of phenols is 1. The summed E-state index contributed by atoms with van der Waals surface area (Å²) in [4.78, 5) is 38.6. The molecule has 5 rings (SSSR count). The summed E-state index contributed by atoms with van der Waals surface area (Å²) >= 11 is 0. The first-order valence-corrected chi connectivity index (χ1v) is 13.5. The molecule has 9 nitrogen and oxygen atoms in total. The van der Waals surface area contributed by atoms with Gasteiger partial charge in [-0.2, -0.15) is 4.98 Å². The number of aromatic nitrogens is 3. The van der Waals surface area contributed by atoms with Gasteiger partial charge >= 0.3 is 5.69 Å². The molecule has 2 aliphatic heterocycles. The Morgan fingerprint density at radius 1 is 1.22 bits per heavy atom. The molecule has 0 unspecified atom stereocenters. The summed E-state index contributed by atoms with van der Waals surface area (Å²) in [6.45, 7) is 12.3. The van der Waals surface area contributed by atoms with E-state index in [1.807, 2.05) is 38.7 Å². The van der Waals surface area contributed by atoms with Crippen molar-refractivity contribution in [3.05, 3.63) is 76.9 Å². The summed E-state index contributed by atoms with van der Waals surface area (Å²) in [5.74, 6) is -2.15. The molecule has 2 atom stereocenters. The first-order valence-electron chi connectivity index (χ1n) is 13.5. The van der Waals surface area contributed by atoms with Crippen molar-refractivity contribution in [3.8, 4) is 17.0 Å². The van der Waals surface area contributed by atoms with Crippen LogP contribution in [0, 0.1) is 17.6 Å². The number of carbonyl (C=O) groups is 1. The second-order valence-electron chi connectivity index (χ2n) is 10.7. The van der Waals surface area contributed by atoms with Gasteiger partial charge in [-0.05, 0) is 61.9 Å². The Morgan fingerprint density at radius 3 is 2.63 bits per heavy atom. The maximum atomic E-state index is 15.8. The van der Waals surface area contributed by atoms with E-state index in [9.17, 15) is 19.1 Å². The van der Waals surface area contributed by atoms with Crippen molar-refractivity contribution in [1.82, 2.24) is 24.8 Å². The largest absolute Gasteiger partial charge is 0.507 e. The first kappa shape index (κ1) is 28.0. The Bertz CT molecular complexity index is 1660. The number of hydrogen-bond acceptors (Lipinski definition) is 7. The minimum Gasteiger partial charge on any atom is -0.507 e. The molecule has 1 amide bonds. The molecule has 0 bridgehead atoms. The number of fused-ring (bicyclic) bond motifs is 1. The fourth-order valence-electron chi connectivity index (χ4n) is 5.58. The van der Waals surface area contributed by atoms with Crippen LogP contribution in [0.15, 0.2) is 59.6 Å². The molecule has 1 aromatic carbocycles. The highest BCUT2D eigenvalue weighted by Crippen LogP contribution is 2.37. The van der Waals surface area contributed by atoms with Gasteiger partial charge < -0.3 is 20.2 Å². The lowest BCUT2D eigenvalue weighted by Gasteiger charge is -2.40. The fourth-order valence-corrected chi connectivity index (χ4v) is 5.58. The van der Waals surface area contributed by atoms with Crippen LogP contribution >= 0.6 is 0 Å². The van der Waals surface area contributed by atoms with Gasteiger partial charge in [0.05, 0.1) is 22.7 Å². The van der Waals surface area contributed by atoms with Crippen LogP contribution in [0.25, 0.3) is 28.0 Å². The molecule has 1 saturated heterocycles. The molecule has 2 N–H and O–H groups in total. The number of rotatable bonds is 5. The summed E-state index contributed by atoms with van der Waals surface area (Å²) < 4.78 is 32.1.